The fraction of sp³-hybridized carbons (Fsp3) is 0.0682. The van der Waals surface area contributed by atoms with E-state index in [-0.39, 0.29) is 5.41 Å². The number of hydrogen-bond donors (Lipinski definition) is 0. The molecule has 2 nitrogen and oxygen atoms in total. The van der Waals surface area contributed by atoms with Gasteiger partial charge in [0.15, 0.2) is 0 Å². The maximum atomic E-state index is 5.04. The van der Waals surface area contributed by atoms with Crippen LogP contribution in [0.3, 0.4) is 0 Å². The summed E-state index contributed by atoms with van der Waals surface area (Å²) in [6, 6.07) is 57.1. The molecule has 0 atom stereocenters. The summed E-state index contributed by atoms with van der Waals surface area (Å²) in [6.45, 7) is 4.70. The second kappa shape index (κ2) is 10.8. The van der Waals surface area contributed by atoms with E-state index in [1.165, 1.54) is 48.9 Å². The van der Waals surface area contributed by atoms with Gasteiger partial charge < -0.3 is 4.90 Å². The number of rotatable bonds is 5. The van der Waals surface area contributed by atoms with Crippen molar-refractivity contribution < 1.29 is 0 Å². The molecule has 0 spiro atoms. The number of anilines is 3. The molecule has 0 amide bonds. The average Bonchev–Trinajstić information content (AvgIpc) is 3.67. The van der Waals surface area contributed by atoms with Gasteiger partial charge in [0.05, 0.1) is 10.2 Å². The predicted octanol–water partition coefficient (Wildman–Crippen LogP) is 12.6. The molecule has 0 fully saturated rings. The highest BCUT2D eigenvalue weighted by atomic mass is 32.1. The molecule has 0 saturated carbocycles. The maximum absolute atomic E-state index is 5.04. The minimum Gasteiger partial charge on any atom is -0.310 e. The summed E-state index contributed by atoms with van der Waals surface area (Å²) in [7, 11) is 0. The Balaban J connectivity index is 1.22. The summed E-state index contributed by atoms with van der Waals surface area (Å²) in [4.78, 5) is 7.45. The topological polar surface area (TPSA) is 16.1 Å². The first-order valence-electron chi connectivity index (χ1n) is 16.1. The third-order valence-electron chi connectivity index (χ3n) is 9.69. The fourth-order valence-corrected chi connectivity index (χ4v) is 8.34. The summed E-state index contributed by atoms with van der Waals surface area (Å²) in [5.41, 5.74) is 13.3. The Bertz CT molecular complexity index is 2420. The van der Waals surface area contributed by atoms with Crippen molar-refractivity contribution in [1.82, 2.24) is 4.98 Å². The Morgan fingerprint density at radius 2 is 1.11 bits per heavy atom. The van der Waals surface area contributed by atoms with Gasteiger partial charge in [0.2, 0.25) is 0 Å². The van der Waals surface area contributed by atoms with E-state index in [4.69, 9.17) is 4.98 Å². The van der Waals surface area contributed by atoms with E-state index in [9.17, 15) is 0 Å². The Morgan fingerprint density at radius 1 is 0.511 bits per heavy atom. The van der Waals surface area contributed by atoms with Crippen molar-refractivity contribution in [3.05, 3.63) is 169 Å². The quantitative estimate of drug-likeness (QED) is 0.190. The lowest BCUT2D eigenvalue weighted by Gasteiger charge is -2.28. The second-order valence-electron chi connectivity index (χ2n) is 12.9. The van der Waals surface area contributed by atoms with Crippen LogP contribution in [-0.4, -0.2) is 4.98 Å². The second-order valence-corrected chi connectivity index (χ2v) is 13.9. The number of benzene rings is 7. The van der Waals surface area contributed by atoms with E-state index in [2.05, 4.69) is 176 Å². The molecule has 0 bridgehead atoms. The summed E-state index contributed by atoms with van der Waals surface area (Å²) >= 11 is 1.77. The van der Waals surface area contributed by atoms with Crippen LogP contribution in [0.1, 0.15) is 25.0 Å². The smallest absolute Gasteiger partial charge is 0.124 e. The fourth-order valence-electron chi connectivity index (χ4n) is 7.25. The average molecular weight is 621 g/mol. The molecule has 1 heterocycles. The van der Waals surface area contributed by atoms with Gasteiger partial charge in [0.25, 0.3) is 0 Å². The monoisotopic (exact) mass is 620 g/mol. The van der Waals surface area contributed by atoms with Crippen molar-refractivity contribution in [3.8, 4) is 32.8 Å². The number of nitrogens with zero attached hydrogens (tertiary/aromatic N) is 2. The van der Waals surface area contributed by atoms with Crippen molar-refractivity contribution in [2.45, 2.75) is 19.3 Å². The first-order valence-corrected chi connectivity index (χ1v) is 16.9. The SMILES string of the molecule is CC1(C)c2ccccc2-c2ccc(N(c3ccc(-c4ccccc4)cc3)c3ccc4ccc5nc(-c6ccccc6)sc5c4c3)cc21. The molecule has 9 rings (SSSR count). The van der Waals surface area contributed by atoms with Crippen molar-refractivity contribution in [1.29, 1.82) is 0 Å². The van der Waals surface area contributed by atoms with Crippen molar-refractivity contribution in [2.75, 3.05) is 4.90 Å². The van der Waals surface area contributed by atoms with E-state index in [0.29, 0.717) is 0 Å². The van der Waals surface area contributed by atoms with Gasteiger partial charge in [-0.1, -0.05) is 129 Å². The molecule has 224 valence electrons. The third-order valence-corrected chi connectivity index (χ3v) is 10.8. The molecule has 7 aromatic carbocycles. The number of aromatic nitrogens is 1. The number of thiazole rings is 1. The van der Waals surface area contributed by atoms with Crippen LogP contribution in [0, 0.1) is 0 Å². The molecule has 3 heteroatoms. The van der Waals surface area contributed by atoms with Crippen LogP contribution in [-0.2, 0) is 5.41 Å². The summed E-state index contributed by atoms with van der Waals surface area (Å²) in [6.07, 6.45) is 0. The largest absolute Gasteiger partial charge is 0.310 e. The highest BCUT2D eigenvalue weighted by Gasteiger charge is 2.35. The van der Waals surface area contributed by atoms with Crippen molar-refractivity contribution in [3.63, 3.8) is 0 Å². The van der Waals surface area contributed by atoms with Gasteiger partial charge in [-0.25, -0.2) is 4.98 Å². The first kappa shape index (κ1) is 27.8. The van der Waals surface area contributed by atoms with Gasteiger partial charge in [-0.15, -0.1) is 11.3 Å². The molecule has 0 unspecified atom stereocenters. The van der Waals surface area contributed by atoms with E-state index in [1.54, 1.807) is 11.3 Å². The molecule has 8 aromatic rings. The molecule has 1 aliphatic carbocycles. The van der Waals surface area contributed by atoms with Gasteiger partial charge in [-0.05, 0) is 81.2 Å². The molecular formula is C44H32N2S. The lowest BCUT2D eigenvalue weighted by molar-refractivity contribution is 0.660. The molecule has 47 heavy (non-hydrogen) atoms. The van der Waals surface area contributed by atoms with Crippen LogP contribution in [0.2, 0.25) is 0 Å². The molecule has 1 aromatic heterocycles. The Hall–Kier alpha value is -5.51. The van der Waals surface area contributed by atoms with Crippen LogP contribution >= 0.6 is 11.3 Å². The van der Waals surface area contributed by atoms with E-state index >= 15 is 0 Å². The van der Waals surface area contributed by atoms with Crippen LogP contribution < -0.4 is 4.90 Å². The highest BCUT2D eigenvalue weighted by molar-refractivity contribution is 7.22. The van der Waals surface area contributed by atoms with E-state index in [1.807, 2.05) is 0 Å². The Kier molecular flexibility index (Phi) is 6.38. The standard InChI is InChI=1S/C44H32N2S/c1-44(2)39-16-10-9-15-36(39)37-25-24-35(28-40(37)44)46(33-21-17-30(18-22-33)29-11-5-3-6-12-29)34-23-19-31-20-26-41-42(38(31)27-34)47-43(45-41)32-13-7-4-8-14-32/h3-28H,1-2H3. The van der Waals surface area contributed by atoms with Gasteiger partial charge in [-0.3, -0.25) is 0 Å². The zero-order valence-electron chi connectivity index (χ0n) is 26.3. The molecular weight excluding hydrogens is 589 g/mol. The summed E-state index contributed by atoms with van der Waals surface area (Å²) in [5.74, 6) is 0. The van der Waals surface area contributed by atoms with Crippen molar-refractivity contribution >= 4 is 49.4 Å². The van der Waals surface area contributed by atoms with Gasteiger partial charge >= 0.3 is 0 Å². The lowest BCUT2D eigenvalue weighted by atomic mass is 9.82. The van der Waals surface area contributed by atoms with Gasteiger partial charge in [0, 0.05) is 33.4 Å². The van der Waals surface area contributed by atoms with Crippen LogP contribution in [0.25, 0.3) is 53.8 Å². The normalized spacial score (nSPS) is 13.1. The minimum atomic E-state index is -0.0865. The zero-order valence-corrected chi connectivity index (χ0v) is 27.1. The Labute approximate surface area is 279 Å². The van der Waals surface area contributed by atoms with Crippen LogP contribution in [0.15, 0.2) is 158 Å². The summed E-state index contributed by atoms with van der Waals surface area (Å²) in [5, 5.41) is 3.49. The molecule has 1 aliphatic rings. The zero-order chi connectivity index (χ0) is 31.5. The lowest BCUT2D eigenvalue weighted by Crippen LogP contribution is -2.16. The summed E-state index contributed by atoms with van der Waals surface area (Å²) < 4.78 is 1.22. The molecule has 0 N–H and O–H groups in total. The van der Waals surface area contributed by atoms with Crippen LogP contribution in [0.4, 0.5) is 17.1 Å². The van der Waals surface area contributed by atoms with Crippen LogP contribution in [0.5, 0.6) is 0 Å². The molecule has 0 radical (unpaired) electrons. The first-order chi connectivity index (χ1) is 23.0. The highest BCUT2D eigenvalue weighted by Crippen LogP contribution is 2.51. The third kappa shape index (κ3) is 4.58. The predicted molar refractivity (Wildman–Crippen MR) is 200 cm³/mol. The van der Waals surface area contributed by atoms with Gasteiger partial charge in [-0.2, -0.15) is 0 Å². The van der Waals surface area contributed by atoms with Crippen molar-refractivity contribution in [2.24, 2.45) is 0 Å². The molecule has 0 saturated heterocycles. The van der Waals surface area contributed by atoms with E-state index < -0.39 is 0 Å². The van der Waals surface area contributed by atoms with E-state index in [0.717, 1.165) is 33.1 Å². The number of hydrogen-bond acceptors (Lipinski definition) is 3. The number of fused-ring (bicyclic) bond motifs is 6. The molecule has 0 aliphatic heterocycles. The minimum absolute atomic E-state index is 0.0865. The maximum Gasteiger partial charge on any atom is 0.124 e. The Morgan fingerprint density at radius 3 is 1.89 bits per heavy atom. The van der Waals surface area contributed by atoms with Gasteiger partial charge in [0.1, 0.15) is 5.01 Å².